The Hall–Kier alpha value is -1.10. The third-order valence-corrected chi connectivity index (χ3v) is 6.58. The van der Waals surface area contributed by atoms with Crippen LogP contribution in [0.25, 0.3) is 0 Å². The first-order valence-electron chi connectivity index (χ1n) is 9.31. The summed E-state index contributed by atoms with van der Waals surface area (Å²) in [7, 11) is 0. The van der Waals surface area contributed by atoms with E-state index < -0.39 is 11.5 Å². The number of hydrogen-bond donors (Lipinski definition) is 1. The fraction of sp³-hybridized carbons (Fsp3) is 0.895. The molecular formula is C19H30O5. The molecule has 2 saturated heterocycles. The second-order valence-corrected chi connectivity index (χ2v) is 8.75. The highest BCUT2D eigenvalue weighted by molar-refractivity contribution is 5.75. The van der Waals surface area contributed by atoms with Crippen LogP contribution in [0.2, 0.25) is 0 Å². The maximum atomic E-state index is 12.1. The number of carbonyl (C=O) groups is 2. The molecule has 24 heavy (non-hydrogen) atoms. The van der Waals surface area contributed by atoms with Crippen LogP contribution in [0.3, 0.4) is 0 Å². The maximum Gasteiger partial charge on any atom is 0.311 e. The maximum absolute atomic E-state index is 12.1. The van der Waals surface area contributed by atoms with Crippen LogP contribution in [0.1, 0.15) is 65.7 Å². The summed E-state index contributed by atoms with van der Waals surface area (Å²) in [6, 6.07) is 0. The molecule has 136 valence electrons. The van der Waals surface area contributed by atoms with E-state index >= 15 is 0 Å². The third kappa shape index (κ3) is 3.19. The highest BCUT2D eigenvalue weighted by atomic mass is 16.5. The molecule has 2 saturated carbocycles. The zero-order valence-corrected chi connectivity index (χ0v) is 15.0. The van der Waals surface area contributed by atoms with Crippen molar-refractivity contribution in [3.63, 3.8) is 0 Å². The number of fused-ring (bicyclic) bond motifs is 1. The molecule has 5 nitrogen and oxygen atoms in total. The van der Waals surface area contributed by atoms with E-state index in [-0.39, 0.29) is 36.0 Å². The first kappa shape index (κ1) is 17.7. The fourth-order valence-electron chi connectivity index (χ4n) is 4.82. The molecule has 2 aliphatic heterocycles. The average Bonchev–Trinajstić information content (AvgIpc) is 2.69. The lowest BCUT2D eigenvalue weighted by Gasteiger charge is -2.49. The number of aliphatic hydroxyl groups is 1. The van der Waals surface area contributed by atoms with Gasteiger partial charge in [-0.3, -0.25) is 9.59 Å². The standard InChI is InChI=1S/C19H30O5/c1-4-18(2,3)17(22)23-6-5-15(20)19-9-12-7-13(10-19)16(21)24-14(8-12)11-19/h12-15,20H,4-11H2,1-3H3/t12?,13?,14?,15-,19?/m1/s1. The smallest absolute Gasteiger partial charge is 0.311 e. The molecule has 0 aromatic heterocycles. The van der Waals surface area contributed by atoms with E-state index in [1.54, 1.807) is 0 Å². The fourth-order valence-corrected chi connectivity index (χ4v) is 4.82. The molecule has 0 radical (unpaired) electrons. The Bertz CT molecular complexity index is 514. The van der Waals surface area contributed by atoms with Crippen molar-refractivity contribution in [1.82, 2.24) is 0 Å². The molecule has 4 bridgehead atoms. The van der Waals surface area contributed by atoms with Gasteiger partial charge < -0.3 is 14.6 Å². The van der Waals surface area contributed by atoms with Gasteiger partial charge in [-0.15, -0.1) is 0 Å². The predicted octanol–water partition coefficient (Wildman–Crippen LogP) is 2.84. The molecule has 2 aliphatic carbocycles. The van der Waals surface area contributed by atoms with Crippen molar-refractivity contribution in [2.45, 2.75) is 77.9 Å². The molecule has 0 spiro atoms. The van der Waals surface area contributed by atoms with Gasteiger partial charge in [0.2, 0.25) is 0 Å². The van der Waals surface area contributed by atoms with Gasteiger partial charge in [-0.05, 0) is 58.3 Å². The number of hydrogen-bond acceptors (Lipinski definition) is 5. The average molecular weight is 338 g/mol. The topological polar surface area (TPSA) is 72.8 Å². The van der Waals surface area contributed by atoms with E-state index in [4.69, 9.17) is 9.47 Å². The molecule has 0 amide bonds. The highest BCUT2D eigenvalue weighted by Gasteiger charge is 2.55. The third-order valence-electron chi connectivity index (χ3n) is 6.58. The quantitative estimate of drug-likeness (QED) is 0.754. The van der Waals surface area contributed by atoms with E-state index in [9.17, 15) is 14.7 Å². The van der Waals surface area contributed by atoms with Crippen LogP contribution in [-0.2, 0) is 19.1 Å². The van der Waals surface area contributed by atoms with Gasteiger partial charge in [0.1, 0.15) is 6.10 Å². The number of esters is 2. The SMILES string of the molecule is CCC(C)(C)C(=O)OCC[C@@H](O)C12CC3CC(C1)OC(=O)C(C3)C2. The van der Waals surface area contributed by atoms with Gasteiger partial charge in [0.15, 0.2) is 0 Å². The van der Waals surface area contributed by atoms with Crippen LogP contribution in [-0.4, -0.2) is 35.9 Å². The highest BCUT2D eigenvalue weighted by Crippen LogP contribution is 2.56. The normalized spacial score (nSPS) is 36.2. The molecular weight excluding hydrogens is 308 g/mol. The number of rotatable bonds is 6. The zero-order valence-electron chi connectivity index (χ0n) is 15.0. The Morgan fingerprint density at radius 2 is 2.12 bits per heavy atom. The van der Waals surface area contributed by atoms with Crippen LogP contribution in [0.4, 0.5) is 0 Å². The minimum Gasteiger partial charge on any atom is -0.465 e. The zero-order chi connectivity index (χ0) is 17.5. The van der Waals surface area contributed by atoms with Crippen molar-refractivity contribution in [2.24, 2.45) is 22.7 Å². The Kier molecular flexibility index (Phi) is 4.67. The van der Waals surface area contributed by atoms with Crippen LogP contribution in [0, 0.1) is 22.7 Å². The second-order valence-electron chi connectivity index (χ2n) is 8.75. The predicted molar refractivity (Wildman–Crippen MR) is 88.0 cm³/mol. The Labute approximate surface area is 144 Å². The summed E-state index contributed by atoms with van der Waals surface area (Å²) in [6.07, 6.45) is 4.86. The lowest BCUT2D eigenvalue weighted by atomic mass is 9.56. The van der Waals surface area contributed by atoms with Crippen molar-refractivity contribution in [3.8, 4) is 0 Å². The summed E-state index contributed by atoms with van der Waals surface area (Å²) < 4.78 is 11.0. The van der Waals surface area contributed by atoms with Gasteiger partial charge in [-0.25, -0.2) is 0 Å². The van der Waals surface area contributed by atoms with E-state index in [0.717, 1.165) is 32.1 Å². The molecule has 0 aromatic carbocycles. The van der Waals surface area contributed by atoms with Crippen LogP contribution in [0.5, 0.6) is 0 Å². The Balaban J connectivity index is 1.60. The number of aliphatic hydroxyl groups excluding tert-OH is 1. The van der Waals surface area contributed by atoms with Crippen molar-refractivity contribution in [2.75, 3.05) is 6.61 Å². The molecule has 0 aromatic rings. The molecule has 2 heterocycles. The lowest BCUT2D eigenvalue weighted by molar-refractivity contribution is -0.156. The van der Waals surface area contributed by atoms with E-state index in [1.165, 1.54) is 0 Å². The lowest BCUT2D eigenvalue weighted by Crippen LogP contribution is -2.47. The van der Waals surface area contributed by atoms with Crippen LogP contribution < -0.4 is 0 Å². The monoisotopic (exact) mass is 338 g/mol. The summed E-state index contributed by atoms with van der Waals surface area (Å²) in [6.45, 7) is 5.95. The summed E-state index contributed by atoms with van der Waals surface area (Å²) in [5, 5.41) is 10.8. The first-order valence-corrected chi connectivity index (χ1v) is 9.31. The van der Waals surface area contributed by atoms with Gasteiger partial charge in [-0.1, -0.05) is 6.92 Å². The second kappa shape index (κ2) is 6.32. The summed E-state index contributed by atoms with van der Waals surface area (Å²) in [4.78, 5) is 24.2. The van der Waals surface area contributed by atoms with Gasteiger partial charge in [0, 0.05) is 11.8 Å². The van der Waals surface area contributed by atoms with Crippen molar-refractivity contribution in [1.29, 1.82) is 0 Å². The molecule has 4 unspecified atom stereocenters. The minimum atomic E-state index is -0.544. The minimum absolute atomic E-state index is 0.0417. The summed E-state index contributed by atoms with van der Waals surface area (Å²) in [5.41, 5.74) is -0.723. The van der Waals surface area contributed by atoms with Gasteiger partial charge in [0.25, 0.3) is 0 Å². The number of carbonyl (C=O) groups excluding carboxylic acids is 2. The number of ether oxygens (including phenoxy) is 2. The first-order chi connectivity index (χ1) is 11.3. The van der Waals surface area contributed by atoms with Gasteiger partial charge in [0.05, 0.1) is 24.0 Å². The van der Waals surface area contributed by atoms with E-state index in [2.05, 4.69) is 0 Å². The Morgan fingerprint density at radius 3 is 2.83 bits per heavy atom. The summed E-state index contributed by atoms with van der Waals surface area (Å²) in [5.74, 6) is 0.128. The molecule has 1 N–H and O–H groups in total. The largest absolute Gasteiger partial charge is 0.465 e. The molecule has 4 rings (SSSR count). The molecule has 5 heteroatoms. The van der Waals surface area contributed by atoms with E-state index in [1.807, 2.05) is 20.8 Å². The van der Waals surface area contributed by atoms with Gasteiger partial charge >= 0.3 is 11.9 Å². The van der Waals surface area contributed by atoms with Crippen LogP contribution >= 0.6 is 0 Å². The van der Waals surface area contributed by atoms with Crippen molar-refractivity contribution >= 4 is 11.9 Å². The Morgan fingerprint density at radius 1 is 1.38 bits per heavy atom. The van der Waals surface area contributed by atoms with Crippen LogP contribution in [0.15, 0.2) is 0 Å². The molecule has 4 aliphatic rings. The van der Waals surface area contributed by atoms with Gasteiger partial charge in [-0.2, -0.15) is 0 Å². The van der Waals surface area contributed by atoms with Crippen molar-refractivity contribution < 1.29 is 24.2 Å². The molecule has 4 fully saturated rings. The summed E-state index contributed by atoms with van der Waals surface area (Å²) >= 11 is 0. The molecule has 5 atom stereocenters. The van der Waals surface area contributed by atoms with Crippen molar-refractivity contribution in [3.05, 3.63) is 0 Å². The van der Waals surface area contributed by atoms with E-state index in [0.29, 0.717) is 18.8 Å².